The molecule has 1 amide bonds. The van der Waals surface area contributed by atoms with Crippen LogP contribution in [-0.2, 0) is 0 Å². The highest BCUT2D eigenvalue weighted by molar-refractivity contribution is 7.15. The van der Waals surface area contributed by atoms with Gasteiger partial charge in [-0.2, -0.15) is 0 Å². The molecule has 0 bridgehead atoms. The zero-order valence-electron chi connectivity index (χ0n) is 12.2. The van der Waals surface area contributed by atoms with E-state index in [2.05, 4.69) is 15.5 Å². The van der Waals surface area contributed by atoms with Gasteiger partial charge in [0.2, 0.25) is 5.01 Å². The van der Waals surface area contributed by atoms with Crippen LogP contribution in [0.5, 0.6) is 0 Å². The minimum atomic E-state index is -0.327. The molecule has 3 rings (SSSR count). The lowest BCUT2D eigenvalue weighted by Crippen LogP contribution is -2.11. The number of rotatable bonds is 4. The maximum atomic E-state index is 12.2. The van der Waals surface area contributed by atoms with Crippen molar-refractivity contribution in [1.82, 2.24) is 10.2 Å². The Morgan fingerprint density at radius 2 is 1.67 bits per heavy atom. The van der Waals surface area contributed by atoms with Crippen LogP contribution in [-0.4, -0.2) is 16.1 Å². The molecule has 0 aliphatic heterocycles. The van der Waals surface area contributed by atoms with Gasteiger partial charge in [0, 0.05) is 10.7 Å². The molecule has 2 aromatic carbocycles. The average molecular weight is 376 g/mol. The summed E-state index contributed by atoms with van der Waals surface area (Å²) in [4.78, 5) is 12.2. The van der Waals surface area contributed by atoms with Crippen LogP contribution in [0, 0.1) is 0 Å². The number of nitrogens with one attached hydrogen (secondary N) is 1. The predicted octanol–water partition coefficient (Wildman–Crippen LogP) is 5.18. The number of anilines is 1. The average Bonchev–Trinajstić information content (AvgIpc) is 3.08. The molecule has 4 nitrogen and oxygen atoms in total. The smallest absolute Gasteiger partial charge is 0.286 e. The third kappa shape index (κ3) is 4.00. The van der Waals surface area contributed by atoms with E-state index in [9.17, 15) is 4.79 Å². The predicted molar refractivity (Wildman–Crippen MR) is 99.5 cm³/mol. The first kappa shape index (κ1) is 16.6. The van der Waals surface area contributed by atoms with Gasteiger partial charge >= 0.3 is 0 Å². The van der Waals surface area contributed by atoms with E-state index in [4.69, 9.17) is 23.2 Å². The van der Waals surface area contributed by atoms with Crippen LogP contribution in [0.1, 0.15) is 20.4 Å². The van der Waals surface area contributed by atoms with Crippen LogP contribution >= 0.6 is 34.5 Å². The Morgan fingerprint density at radius 1 is 1.00 bits per heavy atom. The van der Waals surface area contributed by atoms with Crippen LogP contribution in [0.25, 0.3) is 11.1 Å². The number of hydrogen-bond donors (Lipinski definition) is 1. The van der Waals surface area contributed by atoms with Gasteiger partial charge in [0.1, 0.15) is 0 Å². The van der Waals surface area contributed by atoms with Crippen molar-refractivity contribution >= 4 is 57.2 Å². The van der Waals surface area contributed by atoms with Crippen molar-refractivity contribution in [2.75, 3.05) is 5.32 Å². The molecule has 24 heavy (non-hydrogen) atoms. The number of aromatic nitrogens is 2. The lowest BCUT2D eigenvalue weighted by Gasteiger charge is -2.00. The molecule has 1 heterocycles. The summed E-state index contributed by atoms with van der Waals surface area (Å²) in [7, 11) is 0. The minimum absolute atomic E-state index is 0.236. The van der Waals surface area contributed by atoms with E-state index in [1.54, 1.807) is 24.3 Å². The minimum Gasteiger partial charge on any atom is -0.320 e. The van der Waals surface area contributed by atoms with Gasteiger partial charge in [-0.25, -0.2) is 0 Å². The molecule has 7 heteroatoms. The second kappa shape index (κ2) is 7.57. The third-order valence-corrected chi connectivity index (χ3v) is 4.74. The molecular weight excluding hydrogens is 365 g/mol. The van der Waals surface area contributed by atoms with Crippen LogP contribution in [0.3, 0.4) is 0 Å². The molecule has 0 radical (unpaired) electrons. The number of hydrogen-bond acceptors (Lipinski definition) is 4. The number of nitrogens with zero attached hydrogens (tertiary/aromatic N) is 2. The Labute approximate surface area is 152 Å². The summed E-state index contributed by atoms with van der Waals surface area (Å²) in [6, 6.07) is 16.5. The van der Waals surface area contributed by atoms with E-state index in [0.29, 0.717) is 20.7 Å². The van der Waals surface area contributed by atoms with Crippen LogP contribution in [0.4, 0.5) is 5.69 Å². The van der Waals surface area contributed by atoms with Gasteiger partial charge in [-0.3, -0.25) is 4.79 Å². The van der Waals surface area contributed by atoms with E-state index in [0.717, 1.165) is 16.9 Å². The summed E-state index contributed by atoms with van der Waals surface area (Å²) >= 11 is 13.5. The molecule has 1 aromatic heterocycles. The van der Waals surface area contributed by atoms with E-state index in [1.807, 2.05) is 36.4 Å². The summed E-state index contributed by atoms with van der Waals surface area (Å²) in [6.07, 6.45) is 1.70. The fraction of sp³-hybridized carbons (Fsp3) is 0. The molecule has 0 saturated heterocycles. The maximum absolute atomic E-state index is 12.2. The SMILES string of the molecule is O=C(Nc1ccccc1)c1nnc(/C(Cl)=C/c2ccccc2Cl)s1. The van der Waals surface area contributed by atoms with Crippen molar-refractivity contribution in [3.05, 3.63) is 75.2 Å². The van der Waals surface area contributed by atoms with E-state index >= 15 is 0 Å². The summed E-state index contributed by atoms with van der Waals surface area (Å²) in [5, 5.41) is 12.3. The summed E-state index contributed by atoms with van der Waals surface area (Å²) in [6.45, 7) is 0. The topological polar surface area (TPSA) is 54.9 Å². The molecule has 0 aliphatic rings. The van der Waals surface area contributed by atoms with Crippen molar-refractivity contribution in [3.8, 4) is 0 Å². The van der Waals surface area contributed by atoms with Crippen LogP contribution in [0.2, 0.25) is 5.02 Å². The highest BCUT2D eigenvalue weighted by Crippen LogP contribution is 2.28. The monoisotopic (exact) mass is 375 g/mol. The maximum Gasteiger partial charge on any atom is 0.286 e. The number of amides is 1. The molecule has 0 unspecified atom stereocenters. The Balaban J connectivity index is 1.78. The van der Waals surface area contributed by atoms with Crippen molar-refractivity contribution in [2.45, 2.75) is 0 Å². The standard InChI is InChI=1S/C17H11Cl2N3OS/c18-13-9-5-4-6-11(13)10-14(19)16-21-22-17(24-16)15(23)20-12-7-2-1-3-8-12/h1-10H,(H,20,23)/b14-10-. The quantitative estimate of drug-likeness (QED) is 0.683. The van der Waals surface area contributed by atoms with Gasteiger partial charge in [0.25, 0.3) is 5.91 Å². The third-order valence-electron chi connectivity index (χ3n) is 3.04. The summed E-state index contributed by atoms with van der Waals surface area (Å²) < 4.78 is 0. The molecule has 120 valence electrons. The lowest BCUT2D eigenvalue weighted by atomic mass is 10.2. The molecule has 1 N–H and O–H groups in total. The molecular formula is C17H11Cl2N3OS. The first-order chi connectivity index (χ1) is 11.6. The normalized spacial score (nSPS) is 11.3. The van der Waals surface area contributed by atoms with E-state index in [1.165, 1.54) is 0 Å². The largest absolute Gasteiger partial charge is 0.320 e. The molecule has 3 aromatic rings. The first-order valence-corrected chi connectivity index (χ1v) is 8.53. The van der Waals surface area contributed by atoms with Gasteiger partial charge in [-0.1, -0.05) is 70.9 Å². The second-order valence-electron chi connectivity index (χ2n) is 4.75. The highest BCUT2D eigenvalue weighted by Gasteiger charge is 2.15. The van der Waals surface area contributed by atoms with Crippen molar-refractivity contribution in [1.29, 1.82) is 0 Å². The van der Waals surface area contributed by atoms with Crippen molar-refractivity contribution in [2.24, 2.45) is 0 Å². The first-order valence-electron chi connectivity index (χ1n) is 6.95. The Morgan fingerprint density at radius 3 is 2.42 bits per heavy atom. The zero-order chi connectivity index (χ0) is 16.9. The van der Waals surface area contributed by atoms with Crippen molar-refractivity contribution < 1.29 is 4.79 Å². The molecule has 0 atom stereocenters. The van der Waals surface area contributed by atoms with E-state index < -0.39 is 0 Å². The molecule has 0 spiro atoms. The lowest BCUT2D eigenvalue weighted by molar-refractivity contribution is 0.102. The van der Waals surface area contributed by atoms with Crippen LogP contribution < -0.4 is 5.32 Å². The number of halogens is 2. The number of carbonyl (C=O) groups excluding carboxylic acids is 1. The van der Waals surface area contributed by atoms with Gasteiger partial charge in [-0.05, 0) is 29.8 Å². The van der Waals surface area contributed by atoms with Crippen molar-refractivity contribution in [3.63, 3.8) is 0 Å². The highest BCUT2D eigenvalue weighted by atomic mass is 35.5. The van der Waals surface area contributed by atoms with Crippen LogP contribution in [0.15, 0.2) is 54.6 Å². The molecule has 0 fully saturated rings. The number of carbonyl (C=O) groups is 1. The molecule has 0 aliphatic carbocycles. The Kier molecular flexibility index (Phi) is 5.25. The number of benzene rings is 2. The second-order valence-corrected chi connectivity index (χ2v) is 6.54. The molecule has 0 saturated carbocycles. The van der Waals surface area contributed by atoms with Gasteiger partial charge < -0.3 is 5.32 Å². The van der Waals surface area contributed by atoms with E-state index in [-0.39, 0.29) is 10.9 Å². The van der Waals surface area contributed by atoms with Gasteiger partial charge in [0.15, 0.2) is 5.01 Å². The zero-order valence-corrected chi connectivity index (χ0v) is 14.6. The summed E-state index contributed by atoms with van der Waals surface area (Å²) in [5.41, 5.74) is 1.46. The Hall–Kier alpha value is -2.21. The number of para-hydroxylation sites is 1. The fourth-order valence-electron chi connectivity index (χ4n) is 1.91. The van der Waals surface area contributed by atoms with Gasteiger partial charge in [-0.15, -0.1) is 10.2 Å². The fourth-order valence-corrected chi connectivity index (χ4v) is 3.02. The Bertz CT molecular complexity index is 894. The van der Waals surface area contributed by atoms with Gasteiger partial charge in [0.05, 0.1) is 5.03 Å². The summed E-state index contributed by atoms with van der Waals surface area (Å²) in [5.74, 6) is -0.327.